The molecule has 0 saturated carbocycles. The molecule has 1 aromatic rings. The van der Waals surface area contributed by atoms with E-state index in [0.717, 1.165) is 17.0 Å². The van der Waals surface area contributed by atoms with Gasteiger partial charge in [-0.05, 0) is 43.0 Å². The van der Waals surface area contributed by atoms with Crippen molar-refractivity contribution in [3.8, 4) is 5.75 Å². The monoisotopic (exact) mass is 264 g/mol. The molecule has 0 atom stereocenters. The molecule has 0 aliphatic rings. The minimum Gasteiger partial charge on any atom is -0.494 e. The van der Waals surface area contributed by atoms with Crippen molar-refractivity contribution in [3.63, 3.8) is 0 Å². The third-order valence-corrected chi connectivity index (χ3v) is 2.51. The van der Waals surface area contributed by atoms with Crippen molar-refractivity contribution < 1.29 is 9.53 Å². The van der Waals surface area contributed by atoms with Gasteiger partial charge in [0.1, 0.15) is 5.75 Å². The maximum Gasteiger partial charge on any atom is 0.319 e. The molecule has 2 amide bonds. The second-order valence-corrected chi connectivity index (χ2v) is 5.78. The summed E-state index contributed by atoms with van der Waals surface area (Å²) in [5.74, 6) is 0.850. The Hall–Kier alpha value is -1.71. The highest BCUT2D eigenvalue weighted by molar-refractivity contribution is 5.89. The van der Waals surface area contributed by atoms with Gasteiger partial charge in [-0.25, -0.2) is 4.79 Å². The number of benzene rings is 1. The van der Waals surface area contributed by atoms with Crippen LogP contribution in [0.4, 0.5) is 10.5 Å². The van der Waals surface area contributed by atoms with Gasteiger partial charge in [-0.1, -0.05) is 20.8 Å². The molecule has 0 saturated heterocycles. The highest BCUT2D eigenvalue weighted by Crippen LogP contribution is 2.21. The fraction of sp³-hybridized carbons (Fsp3) is 0.533. The van der Waals surface area contributed by atoms with Crippen LogP contribution in [0.5, 0.6) is 5.75 Å². The summed E-state index contributed by atoms with van der Waals surface area (Å²) in [5, 5.41) is 5.67. The van der Waals surface area contributed by atoms with E-state index in [4.69, 9.17) is 4.74 Å². The summed E-state index contributed by atoms with van der Waals surface area (Å²) in [6.07, 6.45) is 0. The van der Waals surface area contributed by atoms with Crippen LogP contribution < -0.4 is 15.4 Å². The maximum absolute atomic E-state index is 11.7. The van der Waals surface area contributed by atoms with Gasteiger partial charge in [-0.2, -0.15) is 0 Å². The van der Waals surface area contributed by atoms with Crippen molar-refractivity contribution in [1.29, 1.82) is 0 Å². The number of rotatable bonds is 4. The first-order chi connectivity index (χ1) is 8.81. The van der Waals surface area contributed by atoms with Crippen LogP contribution in [0.15, 0.2) is 18.2 Å². The predicted molar refractivity (Wildman–Crippen MR) is 78.8 cm³/mol. The SMILES string of the molecule is CCOc1ccc(NC(=O)NCC(C)(C)C)cc1C. The number of amides is 2. The van der Waals surface area contributed by atoms with Crippen molar-refractivity contribution in [1.82, 2.24) is 5.32 Å². The zero-order valence-electron chi connectivity index (χ0n) is 12.5. The molecule has 0 aliphatic heterocycles. The number of ether oxygens (including phenoxy) is 1. The van der Waals surface area contributed by atoms with Crippen LogP contribution in [-0.2, 0) is 0 Å². The Balaban J connectivity index is 2.58. The first kappa shape index (κ1) is 15.3. The standard InChI is InChI=1S/C15H24N2O2/c1-6-19-13-8-7-12(9-11(13)2)17-14(18)16-10-15(3,4)5/h7-9H,6,10H2,1-5H3,(H2,16,17,18). The Labute approximate surface area is 115 Å². The lowest BCUT2D eigenvalue weighted by Gasteiger charge is -2.19. The lowest BCUT2D eigenvalue weighted by Crippen LogP contribution is -2.35. The van der Waals surface area contributed by atoms with Crippen molar-refractivity contribution in [3.05, 3.63) is 23.8 Å². The second kappa shape index (κ2) is 6.45. The maximum atomic E-state index is 11.7. The van der Waals surface area contributed by atoms with Crippen LogP contribution in [0, 0.1) is 12.3 Å². The zero-order chi connectivity index (χ0) is 14.5. The number of carbonyl (C=O) groups is 1. The van der Waals surface area contributed by atoms with E-state index in [1.165, 1.54) is 0 Å². The highest BCUT2D eigenvalue weighted by Gasteiger charge is 2.12. The smallest absolute Gasteiger partial charge is 0.319 e. The first-order valence-electron chi connectivity index (χ1n) is 6.60. The average molecular weight is 264 g/mol. The number of anilines is 1. The van der Waals surface area contributed by atoms with E-state index in [9.17, 15) is 4.79 Å². The molecule has 106 valence electrons. The summed E-state index contributed by atoms with van der Waals surface area (Å²) in [5.41, 5.74) is 1.86. The topological polar surface area (TPSA) is 50.4 Å². The number of hydrogen-bond acceptors (Lipinski definition) is 2. The van der Waals surface area contributed by atoms with E-state index < -0.39 is 0 Å². The number of aryl methyl sites for hydroxylation is 1. The van der Waals surface area contributed by atoms with Crippen LogP contribution in [-0.4, -0.2) is 19.2 Å². The fourth-order valence-corrected chi connectivity index (χ4v) is 1.57. The van der Waals surface area contributed by atoms with Crippen LogP contribution in [0.25, 0.3) is 0 Å². The summed E-state index contributed by atoms with van der Waals surface area (Å²) >= 11 is 0. The minimum atomic E-state index is -0.182. The molecule has 4 heteroatoms. The van der Waals surface area contributed by atoms with E-state index in [-0.39, 0.29) is 11.4 Å². The number of carbonyl (C=O) groups excluding carboxylic acids is 1. The number of nitrogens with one attached hydrogen (secondary N) is 2. The number of hydrogen-bond donors (Lipinski definition) is 2. The van der Waals surface area contributed by atoms with Gasteiger partial charge >= 0.3 is 6.03 Å². The third-order valence-electron chi connectivity index (χ3n) is 2.51. The first-order valence-corrected chi connectivity index (χ1v) is 6.60. The molecule has 4 nitrogen and oxygen atoms in total. The molecule has 0 bridgehead atoms. The van der Waals surface area contributed by atoms with E-state index in [1.807, 2.05) is 32.0 Å². The molecule has 0 unspecified atom stereocenters. The van der Waals surface area contributed by atoms with Gasteiger partial charge in [0.2, 0.25) is 0 Å². The average Bonchev–Trinajstić information content (AvgIpc) is 2.29. The van der Waals surface area contributed by atoms with Gasteiger partial charge in [0, 0.05) is 12.2 Å². The summed E-state index contributed by atoms with van der Waals surface area (Å²) in [6, 6.07) is 5.44. The molecule has 1 aromatic carbocycles. The molecule has 0 heterocycles. The van der Waals surface area contributed by atoms with Gasteiger partial charge in [-0.3, -0.25) is 0 Å². The van der Waals surface area contributed by atoms with Gasteiger partial charge < -0.3 is 15.4 Å². The minimum absolute atomic E-state index is 0.0755. The molecule has 1 rings (SSSR count). The second-order valence-electron chi connectivity index (χ2n) is 5.78. The van der Waals surface area contributed by atoms with E-state index >= 15 is 0 Å². The Bertz CT molecular complexity index is 436. The fourth-order valence-electron chi connectivity index (χ4n) is 1.57. The predicted octanol–water partition coefficient (Wildman–Crippen LogP) is 3.56. The van der Waals surface area contributed by atoms with Crippen molar-refractivity contribution in [2.45, 2.75) is 34.6 Å². The lowest BCUT2D eigenvalue weighted by molar-refractivity contribution is 0.247. The third kappa shape index (κ3) is 5.64. The molecule has 0 aromatic heterocycles. The number of urea groups is 1. The Morgan fingerprint density at radius 1 is 1.32 bits per heavy atom. The summed E-state index contributed by atoms with van der Waals surface area (Å²) in [6.45, 7) is 11.4. The van der Waals surface area contributed by atoms with Crippen LogP contribution in [0.2, 0.25) is 0 Å². The van der Waals surface area contributed by atoms with E-state index in [0.29, 0.717) is 13.2 Å². The summed E-state index contributed by atoms with van der Waals surface area (Å²) < 4.78 is 5.46. The summed E-state index contributed by atoms with van der Waals surface area (Å²) in [7, 11) is 0. The quantitative estimate of drug-likeness (QED) is 0.873. The van der Waals surface area contributed by atoms with Gasteiger partial charge in [0.05, 0.1) is 6.61 Å². The Morgan fingerprint density at radius 2 is 2.00 bits per heavy atom. The van der Waals surface area contributed by atoms with E-state index in [2.05, 4.69) is 31.4 Å². The molecule has 0 radical (unpaired) electrons. The van der Waals surface area contributed by atoms with Crippen LogP contribution >= 0.6 is 0 Å². The largest absolute Gasteiger partial charge is 0.494 e. The van der Waals surface area contributed by atoms with Gasteiger partial charge in [0.15, 0.2) is 0 Å². The molecular formula is C15H24N2O2. The molecule has 0 spiro atoms. The summed E-state index contributed by atoms with van der Waals surface area (Å²) in [4.78, 5) is 11.7. The molecule has 19 heavy (non-hydrogen) atoms. The molecule has 0 aliphatic carbocycles. The van der Waals surface area contributed by atoms with Crippen molar-refractivity contribution in [2.24, 2.45) is 5.41 Å². The highest BCUT2D eigenvalue weighted by atomic mass is 16.5. The molecule has 0 fully saturated rings. The zero-order valence-corrected chi connectivity index (χ0v) is 12.5. The van der Waals surface area contributed by atoms with Crippen molar-refractivity contribution >= 4 is 11.7 Å². The normalized spacial score (nSPS) is 11.0. The lowest BCUT2D eigenvalue weighted by atomic mass is 9.97. The Kier molecular flexibility index (Phi) is 5.21. The molecular weight excluding hydrogens is 240 g/mol. The van der Waals surface area contributed by atoms with Crippen LogP contribution in [0.3, 0.4) is 0 Å². The van der Waals surface area contributed by atoms with Crippen molar-refractivity contribution in [2.75, 3.05) is 18.5 Å². The van der Waals surface area contributed by atoms with Gasteiger partial charge in [0.25, 0.3) is 0 Å². The molecule has 2 N–H and O–H groups in total. The van der Waals surface area contributed by atoms with Crippen LogP contribution in [0.1, 0.15) is 33.3 Å². The van der Waals surface area contributed by atoms with E-state index in [1.54, 1.807) is 0 Å². The Morgan fingerprint density at radius 3 is 2.53 bits per heavy atom. The van der Waals surface area contributed by atoms with Gasteiger partial charge in [-0.15, -0.1) is 0 Å².